The number of nitriles is 1. The quantitative estimate of drug-likeness (QED) is 0.726. The molecule has 3 nitrogen and oxygen atoms in total. The van der Waals surface area contributed by atoms with E-state index in [0.29, 0.717) is 12.0 Å². The van der Waals surface area contributed by atoms with Crippen molar-refractivity contribution >= 4 is 5.91 Å². The molecule has 0 aromatic carbocycles. The van der Waals surface area contributed by atoms with Crippen molar-refractivity contribution in [1.29, 1.82) is 5.26 Å². The molecule has 3 aliphatic rings. The molecule has 0 radical (unpaired) electrons. The van der Waals surface area contributed by atoms with Crippen molar-refractivity contribution in [3.05, 3.63) is 0 Å². The van der Waals surface area contributed by atoms with Crippen LogP contribution in [0.5, 0.6) is 0 Å². The molecule has 3 heteroatoms. The first-order valence-electron chi connectivity index (χ1n) is 7.99. The lowest BCUT2D eigenvalue weighted by Gasteiger charge is -2.46. The van der Waals surface area contributed by atoms with Gasteiger partial charge in [-0.05, 0) is 44.4 Å². The average molecular weight is 260 g/mol. The summed E-state index contributed by atoms with van der Waals surface area (Å²) in [7, 11) is 0. The molecular formula is C16H24N2O. The van der Waals surface area contributed by atoms with Gasteiger partial charge in [-0.3, -0.25) is 4.79 Å². The smallest absolute Gasteiger partial charge is 0.243 e. The first-order chi connectivity index (χ1) is 9.27. The normalized spacial score (nSPS) is 33.5. The standard InChI is InChI=1S/C16H24N2O/c17-12-16(9-3-4-10-16)15(19)18-11-5-7-13-6-1-2-8-14(13)18/h13-14H,1-11H2. The Hall–Kier alpha value is -1.04. The molecule has 3 rings (SSSR count). The number of piperidine rings is 1. The second kappa shape index (κ2) is 5.15. The minimum atomic E-state index is -0.667. The summed E-state index contributed by atoms with van der Waals surface area (Å²) in [5.74, 6) is 0.882. The van der Waals surface area contributed by atoms with E-state index in [1.54, 1.807) is 0 Å². The zero-order valence-electron chi connectivity index (χ0n) is 11.7. The molecule has 1 aliphatic heterocycles. The topological polar surface area (TPSA) is 44.1 Å². The SMILES string of the molecule is N#CC1(C(=O)N2CCCC3CCCCC32)CCCC1. The number of hydrogen-bond donors (Lipinski definition) is 0. The van der Waals surface area contributed by atoms with E-state index < -0.39 is 5.41 Å². The minimum Gasteiger partial charge on any atom is -0.338 e. The summed E-state index contributed by atoms with van der Waals surface area (Å²) in [6.07, 6.45) is 11.1. The predicted molar refractivity (Wildman–Crippen MR) is 73.2 cm³/mol. The highest BCUT2D eigenvalue weighted by molar-refractivity contribution is 5.86. The highest BCUT2D eigenvalue weighted by atomic mass is 16.2. The maximum atomic E-state index is 12.9. The van der Waals surface area contributed by atoms with Crippen LogP contribution in [0.25, 0.3) is 0 Å². The molecule has 0 aromatic heterocycles. The molecule has 104 valence electrons. The number of nitrogens with zero attached hydrogens (tertiary/aromatic N) is 2. The van der Waals surface area contributed by atoms with Crippen LogP contribution in [0.1, 0.15) is 64.2 Å². The third-order valence-electron chi connectivity index (χ3n) is 5.58. The largest absolute Gasteiger partial charge is 0.338 e. The molecule has 0 N–H and O–H groups in total. The van der Waals surface area contributed by atoms with Crippen LogP contribution >= 0.6 is 0 Å². The summed E-state index contributed by atoms with van der Waals surface area (Å²) in [6.45, 7) is 0.892. The van der Waals surface area contributed by atoms with Crippen LogP contribution in [-0.4, -0.2) is 23.4 Å². The second-order valence-corrected chi connectivity index (χ2v) is 6.65. The van der Waals surface area contributed by atoms with Crippen LogP contribution in [0.15, 0.2) is 0 Å². The number of carbonyl (C=O) groups excluding carboxylic acids is 1. The van der Waals surface area contributed by atoms with E-state index in [1.165, 1.54) is 25.7 Å². The Morgan fingerprint density at radius 1 is 1.05 bits per heavy atom. The molecule has 2 aliphatic carbocycles. The molecule has 0 bridgehead atoms. The van der Waals surface area contributed by atoms with Gasteiger partial charge in [0.25, 0.3) is 0 Å². The van der Waals surface area contributed by atoms with E-state index in [4.69, 9.17) is 0 Å². The van der Waals surface area contributed by atoms with Gasteiger partial charge in [0.05, 0.1) is 6.07 Å². The molecule has 19 heavy (non-hydrogen) atoms. The maximum absolute atomic E-state index is 12.9. The fourth-order valence-electron chi connectivity index (χ4n) is 4.50. The second-order valence-electron chi connectivity index (χ2n) is 6.65. The molecule has 2 saturated carbocycles. The maximum Gasteiger partial charge on any atom is 0.243 e. The van der Waals surface area contributed by atoms with Crippen LogP contribution in [0, 0.1) is 22.7 Å². The van der Waals surface area contributed by atoms with Gasteiger partial charge in [-0.25, -0.2) is 0 Å². The summed E-state index contributed by atoms with van der Waals surface area (Å²) >= 11 is 0. The first-order valence-corrected chi connectivity index (χ1v) is 7.99. The molecule has 0 spiro atoms. The van der Waals surface area contributed by atoms with Gasteiger partial charge in [0.1, 0.15) is 5.41 Å². The van der Waals surface area contributed by atoms with Crippen LogP contribution < -0.4 is 0 Å². The van der Waals surface area contributed by atoms with E-state index in [1.807, 2.05) is 0 Å². The van der Waals surface area contributed by atoms with Crippen molar-refractivity contribution in [2.24, 2.45) is 11.3 Å². The van der Waals surface area contributed by atoms with Gasteiger partial charge < -0.3 is 4.90 Å². The third kappa shape index (κ3) is 2.16. The van der Waals surface area contributed by atoms with Crippen LogP contribution in [0.4, 0.5) is 0 Å². The number of rotatable bonds is 1. The lowest BCUT2D eigenvalue weighted by Crippen LogP contribution is -2.53. The number of likely N-dealkylation sites (tertiary alicyclic amines) is 1. The van der Waals surface area contributed by atoms with E-state index in [9.17, 15) is 10.1 Å². The van der Waals surface area contributed by atoms with Gasteiger partial charge in [-0.15, -0.1) is 0 Å². The first kappa shape index (κ1) is 13.0. The van der Waals surface area contributed by atoms with Crippen molar-refractivity contribution in [3.8, 4) is 6.07 Å². The van der Waals surface area contributed by atoms with Gasteiger partial charge in [0.2, 0.25) is 5.91 Å². The molecule has 2 atom stereocenters. The zero-order valence-corrected chi connectivity index (χ0v) is 11.7. The Kier molecular flexibility index (Phi) is 3.52. The summed E-state index contributed by atoms with van der Waals surface area (Å²) in [5, 5.41) is 9.52. The van der Waals surface area contributed by atoms with Crippen molar-refractivity contribution in [2.75, 3.05) is 6.54 Å². The van der Waals surface area contributed by atoms with Gasteiger partial charge in [0, 0.05) is 12.6 Å². The third-order valence-corrected chi connectivity index (χ3v) is 5.58. The van der Waals surface area contributed by atoms with Crippen LogP contribution in [0.3, 0.4) is 0 Å². The number of hydrogen-bond acceptors (Lipinski definition) is 2. The van der Waals surface area contributed by atoms with Crippen LogP contribution in [-0.2, 0) is 4.79 Å². The van der Waals surface area contributed by atoms with Gasteiger partial charge in [-0.1, -0.05) is 25.7 Å². The monoisotopic (exact) mass is 260 g/mol. The molecule has 1 amide bonds. The molecule has 1 saturated heterocycles. The highest BCUT2D eigenvalue weighted by Gasteiger charge is 2.47. The fourth-order valence-corrected chi connectivity index (χ4v) is 4.50. The summed E-state index contributed by atoms with van der Waals surface area (Å²) in [6, 6.07) is 2.82. The average Bonchev–Trinajstić information content (AvgIpc) is 2.96. The highest BCUT2D eigenvalue weighted by Crippen LogP contribution is 2.43. The fraction of sp³-hybridized carbons (Fsp3) is 0.875. The van der Waals surface area contributed by atoms with Crippen LogP contribution in [0.2, 0.25) is 0 Å². The summed E-state index contributed by atoms with van der Waals surface area (Å²) in [5.41, 5.74) is -0.667. The van der Waals surface area contributed by atoms with E-state index in [-0.39, 0.29) is 5.91 Å². The molecule has 1 heterocycles. The van der Waals surface area contributed by atoms with Crippen molar-refractivity contribution in [2.45, 2.75) is 70.3 Å². The van der Waals surface area contributed by atoms with Crippen molar-refractivity contribution in [3.63, 3.8) is 0 Å². The Bertz CT molecular complexity index is 390. The lowest BCUT2D eigenvalue weighted by molar-refractivity contribution is -0.145. The van der Waals surface area contributed by atoms with E-state index >= 15 is 0 Å². The predicted octanol–water partition coefficient (Wildman–Crippen LogP) is 3.25. The number of carbonyl (C=O) groups is 1. The molecule has 3 fully saturated rings. The number of fused-ring (bicyclic) bond motifs is 1. The van der Waals surface area contributed by atoms with Gasteiger partial charge in [0.15, 0.2) is 0 Å². The Balaban J connectivity index is 1.80. The Morgan fingerprint density at radius 2 is 1.74 bits per heavy atom. The Morgan fingerprint density at radius 3 is 2.47 bits per heavy atom. The van der Waals surface area contributed by atoms with Crippen molar-refractivity contribution in [1.82, 2.24) is 4.90 Å². The Labute approximate surface area is 116 Å². The minimum absolute atomic E-state index is 0.170. The summed E-state index contributed by atoms with van der Waals surface area (Å²) in [4.78, 5) is 15.0. The van der Waals surface area contributed by atoms with E-state index in [0.717, 1.165) is 45.1 Å². The molecular weight excluding hydrogens is 236 g/mol. The van der Waals surface area contributed by atoms with E-state index in [2.05, 4.69) is 11.0 Å². The molecule has 0 aromatic rings. The van der Waals surface area contributed by atoms with Gasteiger partial charge >= 0.3 is 0 Å². The molecule has 2 unspecified atom stereocenters. The number of amides is 1. The lowest BCUT2D eigenvalue weighted by atomic mass is 9.76. The van der Waals surface area contributed by atoms with Crippen molar-refractivity contribution < 1.29 is 4.79 Å². The zero-order chi connectivity index (χ0) is 13.3. The van der Waals surface area contributed by atoms with Gasteiger partial charge in [-0.2, -0.15) is 5.26 Å². The summed E-state index contributed by atoms with van der Waals surface area (Å²) < 4.78 is 0.